The van der Waals surface area contributed by atoms with Crippen LogP contribution in [0.4, 0.5) is 0 Å². The lowest BCUT2D eigenvalue weighted by molar-refractivity contribution is 0.176. The molecule has 1 heterocycles. The van der Waals surface area contributed by atoms with Crippen LogP contribution in [0.1, 0.15) is 64.1 Å². The van der Waals surface area contributed by atoms with E-state index in [2.05, 4.69) is 57.3 Å². The lowest BCUT2D eigenvalue weighted by Crippen LogP contribution is -2.29. The van der Waals surface area contributed by atoms with Crippen LogP contribution in [0.15, 0.2) is 24.3 Å². The van der Waals surface area contributed by atoms with Crippen molar-refractivity contribution in [3.8, 4) is 0 Å². The summed E-state index contributed by atoms with van der Waals surface area (Å²) in [5.41, 5.74) is 3.11. The van der Waals surface area contributed by atoms with E-state index in [4.69, 9.17) is 4.74 Å². The number of ether oxygens (including phenoxy) is 1. The Bertz CT molecular complexity index is 418. The smallest absolute Gasteiger partial charge is 0.0513 e. The average molecular weight is 289 g/mol. The minimum Gasteiger partial charge on any atom is -0.381 e. The first-order valence-corrected chi connectivity index (χ1v) is 8.50. The fourth-order valence-electron chi connectivity index (χ4n) is 3.02. The first kappa shape index (κ1) is 16.5. The predicted molar refractivity (Wildman–Crippen MR) is 89.7 cm³/mol. The number of benzene rings is 1. The van der Waals surface area contributed by atoms with Crippen LogP contribution < -0.4 is 5.32 Å². The second-order valence-corrected chi connectivity index (χ2v) is 6.91. The highest BCUT2D eigenvalue weighted by Crippen LogP contribution is 2.32. The highest BCUT2D eigenvalue weighted by molar-refractivity contribution is 5.30. The van der Waals surface area contributed by atoms with Gasteiger partial charge in [-0.15, -0.1) is 0 Å². The second kappa shape index (κ2) is 7.42. The maximum Gasteiger partial charge on any atom is 0.0513 e. The van der Waals surface area contributed by atoms with Crippen molar-refractivity contribution in [1.29, 1.82) is 0 Å². The Kier molecular flexibility index (Phi) is 5.83. The molecule has 21 heavy (non-hydrogen) atoms. The molecule has 2 nitrogen and oxygen atoms in total. The first-order valence-electron chi connectivity index (χ1n) is 8.50. The zero-order chi connectivity index (χ0) is 15.3. The summed E-state index contributed by atoms with van der Waals surface area (Å²) in [6.45, 7) is 12.0. The van der Waals surface area contributed by atoms with Crippen LogP contribution >= 0.6 is 0 Å². The van der Waals surface area contributed by atoms with E-state index in [1.807, 2.05) is 0 Å². The minimum absolute atomic E-state index is 0.265. The quantitative estimate of drug-likeness (QED) is 0.800. The molecular formula is C19H31NO. The van der Waals surface area contributed by atoms with Gasteiger partial charge in [0, 0.05) is 18.6 Å². The molecule has 1 saturated heterocycles. The molecule has 1 fully saturated rings. The summed E-state index contributed by atoms with van der Waals surface area (Å²) in [6.07, 6.45) is 3.51. The molecule has 0 spiro atoms. The number of hydrogen-bond donors (Lipinski definition) is 1. The minimum atomic E-state index is 0.265. The van der Waals surface area contributed by atoms with Gasteiger partial charge in [-0.3, -0.25) is 0 Å². The largest absolute Gasteiger partial charge is 0.381 e. The monoisotopic (exact) mass is 289 g/mol. The standard InChI is InChI=1S/C19H31NO/c1-5-12-20-18(16-11-13-21-14-16)15-7-9-17(10-8-15)19(3,4)6-2/h7-10,16,18,20H,5-6,11-14H2,1-4H3. The van der Waals surface area contributed by atoms with Crippen molar-refractivity contribution in [2.75, 3.05) is 19.8 Å². The summed E-state index contributed by atoms with van der Waals surface area (Å²) in [5, 5.41) is 3.72. The van der Waals surface area contributed by atoms with Crippen LogP contribution in [0.25, 0.3) is 0 Å². The third-order valence-electron chi connectivity index (χ3n) is 4.99. The summed E-state index contributed by atoms with van der Waals surface area (Å²) < 4.78 is 5.59. The van der Waals surface area contributed by atoms with Crippen molar-refractivity contribution < 1.29 is 4.74 Å². The van der Waals surface area contributed by atoms with Crippen LogP contribution in [-0.4, -0.2) is 19.8 Å². The number of nitrogens with one attached hydrogen (secondary N) is 1. The second-order valence-electron chi connectivity index (χ2n) is 6.91. The van der Waals surface area contributed by atoms with Crippen LogP contribution in [0.3, 0.4) is 0 Å². The maximum absolute atomic E-state index is 5.59. The van der Waals surface area contributed by atoms with Gasteiger partial charge in [-0.05, 0) is 42.3 Å². The molecule has 2 unspecified atom stereocenters. The third-order valence-corrected chi connectivity index (χ3v) is 4.99. The van der Waals surface area contributed by atoms with Crippen LogP contribution in [-0.2, 0) is 10.2 Å². The molecule has 2 heteroatoms. The van der Waals surface area contributed by atoms with Crippen LogP contribution in [0.5, 0.6) is 0 Å². The molecule has 1 aromatic rings. The van der Waals surface area contributed by atoms with Gasteiger partial charge in [0.05, 0.1) is 6.61 Å². The molecule has 1 aliphatic heterocycles. The van der Waals surface area contributed by atoms with Gasteiger partial charge < -0.3 is 10.1 Å². The molecule has 0 bridgehead atoms. The predicted octanol–water partition coefficient (Wildman–Crippen LogP) is 4.45. The lowest BCUT2D eigenvalue weighted by atomic mass is 9.81. The molecule has 1 N–H and O–H groups in total. The van der Waals surface area contributed by atoms with Crippen molar-refractivity contribution in [3.05, 3.63) is 35.4 Å². The molecule has 0 aromatic heterocycles. The van der Waals surface area contributed by atoms with Gasteiger partial charge in [-0.1, -0.05) is 52.0 Å². The Balaban J connectivity index is 2.15. The van der Waals surface area contributed by atoms with Crippen molar-refractivity contribution >= 4 is 0 Å². The Hall–Kier alpha value is -0.860. The molecule has 0 saturated carbocycles. The van der Waals surface area contributed by atoms with Crippen LogP contribution in [0.2, 0.25) is 0 Å². The van der Waals surface area contributed by atoms with E-state index in [9.17, 15) is 0 Å². The van der Waals surface area contributed by atoms with E-state index in [0.717, 1.165) is 19.8 Å². The Morgan fingerprint density at radius 1 is 1.24 bits per heavy atom. The van der Waals surface area contributed by atoms with E-state index in [0.29, 0.717) is 12.0 Å². The number of rotatable bonds is 7. The average Bonchev–Trinajstić information content (AvgIpc) is 3.02. The van der Waals surface area contributed by atoms with Gasteiger partial charge in [-0.25, -0.2) is 0 Å². The van der Waals surface area contributed by atoms with Crippen LogP contribution in [0, 0.1) is 5.92 Å². The molecule has 0 amide bonds. The van der Waals surface area contributed by atoms with E-state index in [1.165, 1.54) is 30.4 Å². The SMILES string of the molecule is CCCNC(c1ccc(C(C)(C)CC)cc1)C1CCOC1. The van der Waals surface area contributed by atoms with Crippen molar-refractivity contribution in [2.45, 2.75) is 58.4 Å². The zero-order valence-corrected chi connectivity index (χ0v) is 14.1. The van der Waals surface area contributed by atoms with Gasteiger partial charge in [0.25, 0.3) is 0 Å². The molecule has 2 atom stereocenters. The molecule has 0 radical (unpaired) electrons. The van der Waals surface area contributed by atoms with E-state index >= 15 is 0 Å². The van der Waals surface area contributed by atoms with E-state index < -0.39 is 0 Å². The summed E-state index contributed by atoms with van der Waals surface area (Å²) in [7, 11) is 0. The van der Waals surface area contributed by atoms with Crippen molar-refractivity contribution in [2.24, 2.45) is 5.92 Å². The fraction of sp³-hybridized carbons (Fsp3) is 0.684. The lowest BCUT2D eigenvalue weighted by Gasteiger charge is -2.27. The molecule has 118 valence electrons. The summed E-state index contributed by atoms with van der Waals surface area (Å²) in [5.74, 6) is 0.613. The normalized spacial score (nSPS) is 20.7. The van der Waals surface area contributed by atoms with E-state index in [1.54, 1.807) is 0 Å². The van der Waals surface area contributed by atoms with Gasteiger partial charge in [0.15, 0.2) is 0 Å². The molecule has 1 aliphatic rings. The third kappa shape index (κ3) is 4.08. The van der Waals surface area contributed by atoms with Gasteiger partial charge in [0.1, 0.15) is 0 Å². The van der Waals surface area contributed by atoms with Gasteiger partial charge >= 0.3 is 0 Å². The summed E-state index contributed by atoms with van der Waals surface area (Å²) >= 11 is 0. The highest BCUT2D eigenvalue weighted by Gasteiger charge is 2.27. The molecule has 0 aliphatic carbocycles. The topological polar surface area (TPSA) is 21.3 Å². The summed E-state index contributed by atoms with van der Waals surface area (Å²) in [6, 6.07) is 9.70. The number of hydrogen-bond acceptors (Lipinski definition) is 2. The van der Waals surface area contributed by atoms with E-state index in [-0.39, 0.29) is 5.41 Å². The Labute approximate surface area is 130 Å². The maximum atomic E-state index is 5.59. The van der Waals surface area contributed by atoms with Crippen molar-refractivity contribution in [1.82, 2.24) is 5.32 Å². The van der Waals surface area contributed by atoms with Gasteiger partial charge in [0.2, 0.25) is 0 Å². The summed E-state index contributed by atoms with van der Waals surface area (Å²) in [4.78, 5) is 0. The molecular weight excluding hydrogens is 258 g/mol. The van der Waals surface area contributed by atoms with Gasteiger partial charge in [-0.2, -0.15) is 0 Å². The fourth-order valence-corrected chi connectivity index (χ4v) is 3.02. The highest BCUT2D eigenvalue weighted by atomic mass is 16.5. The zero-order valence-electron chi connectivity index (χ0n) is 14.1. The molecule has 2 rings (SSSR count). The van der Waals surface area contributed by atoms with Crippen molar-refractivity contribution in [3.63, 3.8) is 0 Å². The molecule has 1 aromatic carbocycles. The Morgan fingerprint density at radius 3 is 2.48 bits per heavy atom. The first-order chi connectivity index (χ1) is 10.1. The Morgan fingerprint density at radius 2 is 1.95 bits per heavy atom.